The van der Waals surface area contributed by atoms with E-state index in [0.29, 0.717) is 6.10 Å². The molecule has 4 nitrogen and oxygen atoms in total. The van der Waals surface area contributed by atoms with E-state index < -0.39 is 0 Å². The van der Waals surface area contributed by atoms with Crippen LogP contribution in [0.1, 0.15) is 49.6 Å². The van der Waals surface area contributed by atoms with Crippen molar-refractivity contribution in [1.82, 2.24) is 10.1 Å². The fourth-order valence-electron chi connectivity index (χ4n) is 2.97. The standard InChI is InChI=1S/C16H28N2O2/c1-12-7-5-6-8-16(12)19-10-9-18(4)11-15-13(2)17-20-14(15)3/h12,16H,5-11H2,1-4H3/t12-,16+/m0/s1. The molecule has 0 radical (unpaired) electrons. The van der Waals surface area contributed by atoms with Gasteiger partial charge in [-0.15, -0.1) is 0 Å². The number of rotatable bonds is 6. The van der Waals surface area contributed by atoms with Crippen LogP contribution in [0, 0.1) is 19.8 Å². The second kappa shape index (κ2) is 7.23. The predicted molar refractivity (Wildman–Crippen MR) is 79.7 cm³/mol. The van der Waals surface area contributed by atoms with Gasteiger partial charge in [0.15, 0.2) is 0 Å². The minimum atomic E-state index is 0.469. The Morgan fingerprint density at radius 3 is 2.70 bits per heavy atom. The van der Waals surface area contributed by atoms with Crippen molar-refractivity contribution in [3.63, 3.8) is 0 Å². The summed E-state index contributed by atoms with van der Waals surface area (Å²) in [5.74, 6) is 1.65. The van der Waals surface area contributed by atoms with Gasteiger partial charge in [0.2, 0.25) is 0 Å². The summed E-state index contributed by atoms with van der Waals surface area (Å²) in [7, 11) is 2.12. The lowest BCUT2D eigenvalue weighted by Gasteiger charge is -2.29. The molecule has 0 amide bonds. The lowest BCUT2D eigenvalue weighted by molar-refractivity contribution is -0.0123. The average Bonchev–Trinajstić information content (AvgIpc) is 2.73. The maximum Gasteiger partial charge on any atom is 0.138 e. The first kappa shape index (κ1) is 15.5. The third-order valence-electron chi connectivity index (χ3n) is 4.45. The minimum Gasteiger partial charge on any atom is -0.377 e. The van der Waals surface area contributed by atoms with E-state index in [0.717, 1.165) is 37.1 Å². The SMILES string of the molecule is Cc1noc(C)c1CN(C)CCO[C@@H]1CCCC[C@@H]1C. The Labute approximate surface area is 122 Å². The monoisotopic (exact) mass is 280 g/mol. The summed E-state index contributed by atoms with van der Waals surface area (Å²) < 4.78 is 11.3. The molecule has 0 aliphatic heterocycles. The summed E-state index contributed by atoms with van der Waals surface area (Å²) in [5.41, 5.74) is 2.20. The Balaban J connectivity index is 1.71. The number of aryl methyl sites for hydroxylation is 2. The second-order valence-corrected chi connectivity index (χ2v) is 6.21. The number of nitrogens with zero attached hydrogens (tertiary/aromatic N) is 2. The van der Waals surface area contributed by atoms with Crippen LogP contribution in [0.5, 0.6) is 0 Å². The van der Waals surface area contributed by atoms with Gasteiger partial charge < -0.3 is 9.26 Å². The molecule has 1 heterocycles. The van der Waals surface area contributed by atoms with Gasteiger partial charge in [-0.05, 0) is 39.7 Å². The van der Waals surface area contributed by atoms with E-state index in [4.69, 9.17) is 9.26 Å². The first-order chi connectivity index (χ1) is 9.58. The van der Waals surface area contributed by atoms with Crippen LogP contribution in [0.25, 0.3) is 0 Å². The van der Waals surface area contributed by atoms with Gasteiger partial charge in [-0.25, -0.2) is 0 Å². The van der Waals surface area contributed by atoms with Gasteiger partial charge in [-0.2, -0.15) is 0 Å². The smallest absolute Gasteiger partial charge is 0.138 e. The zero-order valence-electron chi connectivity index (χ0n) is 13.3. The summed E-state index contributed by atoms with van der Waals surface area (Å²) in [6.45, 7) is 8.94. The van der Waals surface area contributed by atoms with Crippen LogP contribution < -0.4 is 0 Å². The van der Waals surface area contributed by atoms with Crippen molar-refractivity contribution in [2.24, 2.45) is 5.92 Å². The highest BCUT2D eigenvalue weighted by atomic mass is 16.5. The molecule has 0 saturated heterocycles. The van der Waals surface area contributed by atoms with E-state index in [1.165, 1.54) is 31.2 Å². The molecule has 4 heteroatoms. The quantitative estimate of drug-likeness (QED) is 0.801. The van der Waals surface area contributed by atoms with Crippen LogP contribution in [0.4, 0.5) is 0 Å². The van der Waals surface area contributed by atoms with Gasteiger partial charge in [0.1, 0.15) is 5.76 Å². The predicted octanol–water partition coefficient (Wildman–Crippen LogP) is 3.32. The van der Waals surface area contributed by atoms with Crippen molar-refractivity contribution in [3.8, 4) is 0 Å². The van der Waals surface area contributed by atoms with Crippen molar-refractivity contribution in [1.29, 1.82) is 0 Å². The van der Waals surface area contributed by atoms with Gasteiger partial charge in [-0.1, -0.05) is 24.9 Å². The Morgan fingerprint density at radius 1 is 1.30 bits per heavy atom. The van der Waals surface area contributed by atoms with Crippen molar-refractivity contribution in [3.05, 3.63) is 17.0 Å². The molecular weight excluding hydrogens is 252 g/mol. The molecule has 1 aromatic rings. The van der Waals surface area contributed by atoms with Crippen molar-refractivity contribution < 1.29 is 9.26 Å². The van der Waals surface area contributed by atoms with Gasteiger partial charge in [0.05, 0.1) is 18.4 Å². The molecule has 0 bridgehead atoms. The van der Waals surface area contributed by atoms with E-state index >= 15 is 0 Å². The van der Waals surface area contributed by atoms with E-state index in [9.17, 15) is 0 Å². The summed E-state index contributed by atoms with van der Waals surface area (Å²) in [5, 5.41) is 4.00. The van der Waals surface area contributed by atoms with Crippen LogP contribution in [0.2, 0.25) is 0 Å². The highest BCUT2D eigenvalue weighted by Crippen LogP contribution is 2.26. The number of hydrogen-bond donors (Lipinski definition) is 0. The Bertz CT molecular complexity index is 397. The van der Waals surface area contributed by atoms with Crippen molar-refractivity contribution in [2.75, 3.05) is 20.2 Å². The largest absolute Gasteiger partial charge is 0.377 e. The first-order valence-corrected chi connectivity index (χ1v) is 7.80. The molecule has 1 aliphatic carbocycles. The molecule has 2 atom stereocenters. The Hall–Kier alpha value is -0.870. The minimum absolute atomic E-state index is 0.469. The van der Waals surface area contributed by atoms with Crippen molar-refractivity contribution >= 4 is 0 Å². The lowest BCUT2D eigenvalue weighted by atomic mass is 9.88. The van der Waals surface area contributed by atoms with Crippen LogP contribution in [0.15, 0.2) is 4.52 Å². The molecule has 1 aromatic heterocycles. The van der Waals surface area contributed by atoms with Crippen LogP contribution in [-0.2, 0) is 11.3 Å². The zero-order chi connectivity index (χ0) is 14.5. The lowest BCUT2D eigenvalue weighted by Crippen LogP contribution is -2.30. The zero-order valence-corrected chi connectivity index (χ0v) is 13.3. The van der Waals surface area contributed by atoms with Gasteiger partial charge in [0, 0.05) is 18.7 Å². The number of likely N-dealkylation sites (N-methyl/N-ethyl adjacent to an activating group) is 1. The van der Waals surface area contributed by atoms with Gasteiger partial charge in [0.25, 0.3) is 0 Å². The van der Waals surface area contributed by atoms with Crippen LogP contribution in [0.3, 0.4) is 0 Å². The highest BCUT2D eigenvalue weighted by molar-refractivity contribution is 5.20. The molecule has 0 N–H and O–H groups in total. The number of hydrogen-bond acceptors (Lipinski definition) is 4. The molecule has 2 rings (SSSR count). The normalized spacial score (nSPS) is 23.4. The molecule has 0 unspecified atom stereocenters. The van der Waals surface area contributed by atoms with Crippen LogP contribution in [-0.4, -0.2) is 36.4 Å². The molecule has 1 fully saturated rings. The average molecular weight is 280 g/mol. The topological polar surface area (TPSA) is 38.5 Å². The van der Waals surface area contributed by atoms with E-state index in [1.807, 2.05) is 13.8 Å². The fraction of sp³-hybridized carbons (Fsp3) is 0.812. The first-order valence-electron chi connectivity index (χ1n) is 7.80. The Kier molecular flexibility index (Phi) is 5.61. The maximum absolute atomic E-state index is 6.06. The third kappa shape index (κ3) is 4.06. The highest BCUT2D eigenvalue weighted by Gasteiger charge is 2.21. The molecule has 1 aliphatic rings. The summed E-state index contributed by atoms with van der Waals surface area (Å²) >= 11 is 0. The molecule has 0 spiro atoms. The second-order valence-electron chi connectivity index (χ2n) is 6.21. The molecule has 114 valence electrons. The van der Waals surface area contributed by atoms with Gasteiger partial charge in [-0.3, -0.25) is 4.90 Å². The number of ether oxygens (including phenoxy) is 1. The summed E-state index contributed by atoms with van der Waals surface area (Å²) in [6.07, 6.45) is 5.71. The summed E-state index contributed by atoms with van der Waals surface area (Å²) in [4.78, 5) is 2.28. The van der Waals surface area contributed by atoms with E-state index in [2.05, 4.69) is 24.0 Å². The third-order valence-corrected chi connectivity index (χ3v) is 4.45. The Morgan fingerprint density at radius 2 is 2.05 bits per heavy atom. The number of aromatic nitrogens is 1. The van der Waals surface area contributed by atoms with Gasteiger partial charge >= 0.3 is 0 Å². The fourth-order valence-corrected chi connectivity index (χ4v) is 2.97. The maximum atomic E-state index is 6.06. The van der Waals surface area contributed by atoms with E-state index in [1.54, 1.807) is 0 Å². The van der Waals surface area contributed by atoms with Crippen molar-refractivity contribution in [2.45, 2.75) is 59.1 Å². The van der Waals surface area contributed by atoms with Crippen LogP contribution >= 0.6 is 0 Å². The molecule has 0 aromatic carbocycles. The molecule has 1 saturated carbocycles. The molecular formula is C16H28N2O2. The summed E-state index contributed by atoms with van der Waals surface area (Å²) in [6, 6.07) is 0. The van der Waals surface area contributed by atoms with E-state index in [-0.39, 0.29) is 0 Å². The molecule has 20 heavy (non-hydrogen) atoms.